The van der Waals surface area contributed by atoms with Gasteiger partial charge in [0.15, 0.2) is 5.16 Å². The lowest BCUT2D eigenvalue weighted by atomic mass is 10.2. The van der Waals surface area contributed by atoms with E-state index in [2.05, 4.69) is 33.9 Å². The zero-order chi connectivity index (χ0) is 14.7. The maximum atomic E-state index is 10.8. The van der Waals surface area contributed by atoms with Crippen LogP contribution in [-0.4, -0.2) is 26.4 Å². The fourth-order valence-corrected chi connectivity index (χ4v) is 3.05. The quantitative estimate of drug-likeness (QED) is 0.832. The largest absolute Gasteiger partial charge is 0.481 e. The molecule has 0 atom stereocenters. The lowest BCUT2D eigenvalue weighted by Gasteiger charge is -2.13. The van der Waals surface area contributed by atoms with Gasteiger partial charge in [0.2, 0.25) is 0 Å². The van der Waals surface area contributed by atoms with Crippen molar-refractivity contribution >= 4 is 33.7 Å². The van der Waals surface area contributed by atoms with Crippen LogP contribution in [0.5, 0.6) is 0 Å². The van der Waals surface area contributed by atoms with Crippen molar-refractivity contribution < 1.29 is 9.90 Å². The average molecular weight is 355 g/mol. The van der Waals surface area contributed by atoms with Crippen molar-refractivity contribution in [3.63, 3.8) is 0 Å². The number of aryl methyl sites for hydroxylation is 2. The summed E-state index contributed by atoms with van der Waals surface area (Å²) in [5.74, 6) is -0.838. The van der Waals surface area contributed by atoms with Crippen molar-refractivity contribution in [1.82, 2.24) is 9.55 Å². The summed E-state index contributed by atoms with van der Waals surface area (Å²) in [6.07, 6.45) is 2.64. The minimum atomic E-state index is -0.842. The van der Waals surface area contributed by atoms with Crippen LogP contribution in [0, 0.1) is 6.92 Å². The molecule has 0 aliphatic heterocycles. The number of aliphatic carboxylic acids is 1. The number of rotatable bonds is 5. The Morgan fingerprint density at radius 1 is 1.50 bits per heavy atom. The standard InChI is InChI=1S/C14H15BrN2O2S/c1-3-10-7-16-14(20-8-13(18)19)17(10)12-6-9(2)4-5-11(12)15/h4-7H,3,8H2,1-2H3,(H,18,19). The highest BCUT2D eigenvalue weighted by molar-refractivity contribution is 9.10. The van der Waals surface area contributed by atoms with Gasteiger partial charge in [-0.1, -0.05) is 24.8 Å². The summed E-state index contributed by atoms with van der Waals surface area (Å²) in [5.41, 5.74) is 3.20. The van der Waals surface area contributed by atoms with Crippen molar-refractivity contribution in [1.29, 1.82) is 0 Å². The summed E-state index contributed by atoms with van der Waals surface area (Å²) in [4.78, 5) is 15.1. The maximum Gasteiger partial charge on any atom is 0.313 e. The van der Waals surface area contributed by atoms with Crippen LogP contribution in [0.1, 0.15) is 18.2 Å². The molecule has 1 aromatic heterocycles. The molecule has 0 spiro atoms. The SMILES string of the molecule is CCc1cnc(SCC(=O)O)n1-c1cc(C)ccc1Br. The number of hydrogen-bond donors (Lipinski definition) is 1. The van der Waals surface area contributed by atoms with E-state index in [-0.39, 0.29) is 5.75 Å². The van der Waals surface area contributed by atoms with E-state index in [4.69, 9.17) is 5.11 Å². The third kappa shape index (κ3) is 3.24. The Balaban J connectivity index is 2.50. The van der Waals surface area contributed by atoms with Gasteiger partial charge in [0.1, 0.15) is 0 Å². The van der Waals surface area contributed by atoms with Gasteiger partial charge in [0.25, 0.3) is 0 Å². The van der Waals surface area contributed by atoms with E-state index in [1.807, 2.05) is 23.6 Å². The molecule has 0 aliphatic carbocycles. The summed E-state index contributed by atoms with van der Waals surface area (Å²) in [6, 6.07) is 6.09. The Morgan fingerprint density at radius 2 is 2.25 bits per heavy atom. The number of halogens is 1. The third-order valence-electron chi connectivity index (χ3n) is 2.83. The van der Waals surface area contributed by atoms with Crippen LogP contribution >= 0.6 is 27.7 Å². The molecule has 20 heavy (non-hydrogen) atoms. The first-order valence-electron chi connectivity index (χ1n) is 6.20. The number of carboxylic acids is 1. The predicted octanol–water partition coefficient (Wildman–Crippen LogP) is 3.68. The molecule has 1 N–H and O–H groups in total. The molecule has 0 bridgehead atoms. The molecule has 0 saturated heterocycles. The Hall–Kier alpha value is -1.27. The van der Waals surface area contributed by atoms with E-state index in [1.165, 1.54) is 11.8 Å². The Labute approximate surface area is 130 Å². The summed E-state index contributed by atoms with van der Waals surface area (Å²) < 4.78 is 2.98. The normalized spacial score (nSPS) is 10.8. The molecule has 1 aromatic carbocycles. The highest BCUT2D eigenvalue weighted by atomic mass is 79.9. The number of benzene rings is 1. The molecule has 0 aliphatic rings. The molecule has 0 saturated carbocycles. The number of nitrogens with zero attached hydrogens (tertiary/aromatic N) is 2. The van der Waals surface area contributed by atoms with Gasteiger partial charge in [0.05, 0.1) is 11.4 Å². The fourth-order valence-electron chi connectivity index (χ4n) is 1.90. The molecule has 1 heterocycles. The highest BCUT2D eigenvalue weighted by Gasteiger charge is 2.15. The predicted molar refractivity (Wildman–Crippen MR) is 83.7 cm³/mol. The van der Waals surface area contributed by atoms with Crippen molar-refractivity contribution in [2.45, 2.75) is 25.4 Å². The van der Waals surface area contributed by atoms with Gasteiger partial charge >= 0.3 is 5.97 Å². The summed E-state index contributed by atoms with van der Waals surface area (Å²) in [5, 5.41) is 9.54. The number of carboxylic acid groups (broad SMARTS) is 1. The summed E-state index contributed by atoms with van der Waals surface area (Å²) in [7, 11) is 0. The van der Waals surface area contributed by atoms with Crippen LogP contribution in [0.15, 0.2) is 34.0 Å². The molecule has 4 nitrogen and oxygen atoms in total. The molecular formula is C14H15BrN2O2S. The molecule has 0 unspecified atom stereocenters. The molecule has 2 aromatic rings. The second-order valence-electron chi connectivity index (χ2n) is 4.36. The van der Waals surface area contributed by atoms with Gasteiger partial charge in [-0.05, 0) is 47.0 Å². The van der Waals surface area contributed by atoms with E-state index >= 15 is 0 Å². The van der Waals surface area contributed by atoms with E-state index in [1.54, 1.807) is 6.20 Å². The Bertz CT molecular complexity index is 640. The van der Waals surface area contributed by atoms with Gasteiger partial charge in [0, 0.05) is 16.4 Å². The van der Waals surface area contributed by atoms with Gasteiger partial charge in [-0.25, -0.2) is 4.98 Å². The minimum absolute atomic E-state index is 0.00357. The molecule has 0 fully saturated rings. The van der Waals surface area contributed by atoms with Gasteiger partial charge < -0.3 is 5.11 Å². The number of carbonyl (C=O) groups is 1. The number of thioether (sulfide) groups is 1. The van der Waals surface area contributed by atoms with Crippen LogP contribution in [0.2, 0.25) is 0 Å². The van der Waals surface area contributed by atoms with Crippen LogP contribution in [-0.2, 0) is 11.2 Å². The van der Waals surface area contributed by atoms with Crippen LogP contribution in [0.4, 0.5) is 0 Å². The summed E-state index contributed by atoms with van der Waals surface area (Å²) in [6.45, 7) is 4.09. The van der Waals surface area contributed by atoms with Gasteiger partial charge in [-0.15, -0.1) is 0 Å². The Morgan fingerprint density at radius 3 is 2.90 bits per heavy atom. The minimum Gasteiger partial charge on any atom is -0.481 e. The lowest BCUT2D eigenvalue weighted by molar-refractivity contribution is -0.133. The zero-order valence-corrected chi connectivity index (χ0v) is 13.7. The second kappa shape index (κ2) is 6.45. The van der Waals surface area contributed by atoms with Gasteiger partial charge in [-0.3, -0.25) is 9.36 Å². The third-order valence-corrected chi connectivity index (χ3v) is 4.44. The molecule has 6 heteroatoms. The molecule has 2 rings (SSSR count). The smallest absolute Gasteiger partial charge is 0.313 e. The van der Waals surface area contributed by atoms with Crippen molar-refractivity contribution in [3.8, 4) is 5.69 Å². The van der Waals surface area contributed by atoms with Crippen molar-refractivity contribution in [3.05, 3.63) is 40.1 Å². The topological polar surface area (TPSA) is 55.1 Å². The van der Waals surface area contributed by atoms with Crippen LogP contribution in [0.25, 0.3) is 5.69 Å². The molecule has 106 valence electrons. The van der Waals surface area contributed by atoms with E-state index in [9.17, 15) is 4.79 Å². The lowest BCUT2D eigenvalue weighted by Crippen LogP contribution is -2.05. The molecule has 0 amide bonds. The summed E-state index contributed by atoms with van der Waals surface area (Å²) >= 11 is 4.79. The maximum absolute atomic E-state index is 10.8. The first kappa shape index (κ1) is 15.1. The second-order valence-corrected chi connectivity index (χ2v) is 6.16. The molecule has 0 radical (unpaired) electrons. The molecular weight excluding hydrogens is 340 g/mol. The van der Waals surface area contributed by atoms with Crippen molar-refractivity contribution in [2.24, 2.45) is 0 Å². The fraction of sp³-hybridized carbons (Fsp3) is 0.286. The van der Waals surface area contributed by atoms with Crippen LogP contribution in [0.3, 0.4) is 0 Å². The monoisotopic (exact) mass is 354 g/mol. The van der Waals surface area contributed by atoms with E-state index in [0.717, 1.165) is 27.8 Å². The Kier molecular flexibility index (Phi) is 4.88. The van der Waals surface area contributed by atoms with E-state index in [0.29, 0.717) is 5.16 Å². The first-order valence-corrected chi connectivity index (χ1v) is 7.98. The van der Waals surface area contributed by atoms with Crippen molar-refractivity contribution in [2.75, 3.05) is 5.75 Å². The van der Waals surface area contributed by atoms with E-state index < -0.39 is 5.97 Å². The highest BCUT2D eigenvalue weighted by Crippen LogP contribution is 2.29. The zero-order valence-electron chi connectivity index (χ0n) is 11.3. The average Bonchev–Trinajstić information content (AvgIpc) is 2.82. The number of imidazole rings is 1. The van der Waals surface area contributed by atoms with Crippen LogP contribution < -0.4 is 0 Å². The number of aromatic nitrogens is 2. The number of hydrogen-bond acceptors (Lipinski definition) is 3. The first-order chi connectivity index (χ1) is 9.52. The van der Waals surface area contributed by atoms with Gasteiger partial charge in [-0.2, -0.15) is 0 Å².